The van der Waals surface area contributed by atoms with Gasteiger partial charge in [-0.25, -0.2) is 9.59 Å². The number of ether oxygens (including phenoxy) is 7. The first-order chi connectivity index (χ1) is 20.4. The maximum Gasteiger partial charge on any atom is 0.344 e. The number of aliphatic carboxylic acids is 1. The Kier molecular flexibility index (Phi) is 347. The highest BCUT2D eigenvalue weighted by Crippen LogP contribution is 1.81. The summed E-state index contributed by atoms with van der Waals surface area (Å²) < 4.78 is 30.4. The molecule has 0 aliphatic carbocycles. The molecular weight excluding hydrogens is 780 g/mol. The molecule has 0 amide bonds. The zero-order chi connectivity index (χ0) is 36.4. The molecule has 0 bridgehead atoms. The van der Waals surface area contributed by atoms with Gasteiger partial charge in [0.15, 0.2) is 26.8 Å². The Morgan fingerprint density at radius 1 is 0.373 bits per heavy atom. The molecule has 0 aliphatic heterocycles. The van der Waals surface area contributed by atoms with Crippen LogP contribution in [-0.4, -0.2) is 122 Å². The summed E-state index contributed by atoms with van der Waals surface area (Å²) in [5, 5.41) is 30.8. The second-order valence-electron chi connectivity index (χ2n) is 6.33. The molecule has 0 atom stereocenters. The predicted octanol–water partition coefficient (Wildman–Crippen LogP) is 9.90. The van der Waals surface area contributed by atoms with E-state index in [-0.39, 0.29) is 150 Å². The number of carboxylic acids is 1. The molecule has 0 rings (SSSR count). The fraction of sp³-hybridized carbons (Fsp3) is 0.829. The van der Waals surface area contributed by atoms with Gasteiger partial charge in [-0.05, 0) is 34.6 Å². The lowest BCUT2D eigenvalue weighted by Gasteiger charge is -2.00. The first-order valence-corrected chi connectivity index (χ1v) is 12.9. The van der Waals surface area contributed by atoms with Crippen LogP contribution in [0.4, 0.5) is 0 Å². The SMILES string of the molecule is C.C.C.C.C.C.C.C.C.C.C.C.C.C.C.CC(=O)OCC(=O)O.CC(=O)OCO.CCO.CCO.CCOC(=O)COC(C)=O.CCOC(C)=O.CCOCOC(C)=O. The quantitative estimate of drug-likeness (QED) is 0.0687. The van der Waals surface area contributed by atoms with Crippen LogP contribution in [0.25, 0.3) is 0 Å². The molecule has 0 saturated heterocycles. The summed E-state index contributed by atoms with van der Waals surface area (Å²) in [6, 6.07) is 0. The van der Waals surface area contributed by atoms with Gasteiger partial charge in [0.1, 0.15) is 0 Å². The molecule has 0 aromatic rings. The van der Waals surface area contributed by atoms with Gasteiger partial charge in [0.05, 0.1) is 13.2 Å². The van der Waals surface area contributed by atoms with Crippen molar-refractivity contribution in [2.45, 2.75) is 181 Å². The molecule has 18 heteroatoms. The molecule has 0 heterocycles. The molecular formula is C41H112O18. The molecule has 0 spiro atoms. The minimum Gasteiger partial charge on any atom is -0.479 e. The van der Waals surface area contributed by atoms with Crippen molar-refractivity contribution in [3.63, 3.8) is 0 Å². The van der Waals surface area contributed by atoms with Crippen molar-refractivity contribution in [2.24, 2.45) is 0 Å². The lowest BCUT2D eigenvalue weighted by atomic mass is 10.7. The molecule has 18 nitrogen and oxygen atoms in total. The van der Waals surface area contributed by atoms with Gasteiger partial charge in [-0.3, -0.25) is 24.0 Å². The Hall–Kier alpha value is -3.87. The molecule has 4 N–H and O–H groups in total. The fourth-order valence-corrected chi connectivity index (χ4v) is 1.03. The normalized spacial score (nSPS) is 5.92. The summed E-state index contributed by atoms with van der Waals surface area (Å²) in [6.07, 6.45) is 0. The minimum absolute atomic E-state index is 0. The average molecular weight is 893 g/mol. The molecule has 0 unspecified atom stereocenters. The zero-order valence-corrected chi connectivity index (χ0v) is 27.4. The Bertz CT molecular complexity index is 672. The lowest BCUT2D eigenvalue weighted by Crippen LogP contribution is -2.14. The Labute approximate surface area is 369 Å². The summed E-state index contributed by atoms with van der Waals surface area (Å²) >= 11 is 0. The minimum atomic E-state index is -1.14. The standard InChI is InChI=1S/C6H10O4.C5H10O3.C4H6O4.C4H8O2.C3H6O3.2C2H6O.15CH4/c1-3-9-6(8)4-10-5(2)7;1-3-7-4-8-5(2)6;1-3(5)8-2-4(6)7;1-3-6-4(2)5;1-3(5)6-2-4;2*1-2-3;;;;;;;;;;;;;;;/h3-4H2,1-2H3;3-4H2,1-2H3;2H2,1H3,(H,6,7);3H2,1-2H3;4H,2H2,1H3;2*3H,2H2,1H3;15*1H4. The van der Waals surface area contributed by atoms with Crippen molar-refractivity contribution in [1.82, 2.24) is 0 Å². The van der Waals surface area contributed by atoms with E-state index in [1.54, 1.807) is 27.7 Å². The van der Waals surface area contributed by atoms with E-state index in [4.69, 9.17) is 25.2 Å². The Balaban J connectivity index is -0.0000000133. The Morgan fingerprint density at radius 3 is 0.763 bits per heavy atom. The van der Waals surface area contributed by atoms with E-state index in [9.17, 15) is 33.6 Å². The molecule has 384 valence electrons. The number of aliphatic hydroxyl groups excluding tert-OH is 3. The van der Waals surface area contributed by atoms with E-state index < -0.39 is 43.2 Å². The van der Waals surface area contributed by atoms with Crippen molar-refractivity contribution in [1.29, 1.82) is 0 Å². The number of carbonyl (C=O) groups is 7. The van der Waals surface area contributed by atoms with Crippen LogP contribution in [0.1, 0.15) is 181 Å². The van der Waals surface area contributed by atoms with Crippen molar-refractivity contribution < 1.29 is 87.1 Å². The number of hydrogen-bond donors (Lipinski definition) is 4. The summed E-state index contributed by atoms with van der Waals surface area (Å²) in [4.78, 5) is 69.6. The van der Waals surface area contributed by atoms with E-state index >= 15 is 0 Å². The number of aliphatic hydroxyl groups is 3. The van der Waals surface area contributed by atoms with Crippen molar-refractivity contribution in [2.75, 3.05) is 59.8 Å². The zero-order valence-electron chi connectivity index (χ0n) is 27.4. The third-order valence-corrected chi connectivity index (χ3v) is 2.26. The summed E-state index contributed by atoms with van der Waals surface area (Å²) in [5.41, 5.74) is 0. The highest BCUT2D eigenvalue weighted by Gasteiger charge is 2.02. The molecule has 0 saturated carbocycles. The van der Waals surface area contributed by atoms with Crippen LogP contribution in [0.2, 0.25) is 0 Å². The van der Waals surface area contributed by atoms with Crippen molar-refractivity contribution in [3.05, 3.63) is 0 Å². The number of carboxylic acid groups (broad SMARTS) is 1. The summed E-state index contributed by atoms with van der Waals surface area (Å²) in [7, 11) is 0. The van der Waals surface area contributed by atoms with Gasteiger partial charge < -0.3 is 53.6 Å². The van der Waals surface area contributed by atoms with Crippen molar-refractivity contribution in [3.8, 4) is 0 Å². The monoisotopic (exact) mass is 893 g/mol. The van der Waals surface area contributed by atoms with Gasteiger partial charge in [0, 0.05) is 54.4 Å². The van der Waals surface area contributed by atoms with Gasteiger partial charge in [0.2, 0.25) is 0 Å². The predicted molar refractivity (Wildman–Crippen MR) is 253 cm³/mol. The number of rotatable bonds is 10. The van der Waals surface area contributed by atoms with E-state index in [1.807, 2.05) is 6.92 Å². The van der Waals surface area contributed by atoms with Gasteiger partial charge in [-0.15, -0.1) is 0 Å². The summed E-state index contributed by atoms with van der Waals surface area (Å²) in [5.74, 6) is -3.69. The Morgan fingerprint density at radius 2 is 0.627 bits per heavy atom. The third-order valence-electron chi connectivity index (χ3n) is 2.26. The number of hydrogen-bond acceptors (Lipinski definition) is 17. The molecule has 59 heavy (non-hydrogen) atoms. The van der Waals surface area contributed by atoms with E-state index in [0.29, 0.717) is 19.8 Å². The molecule has 0 aromatic heterocycles. The van der Waals surface area contributed by atoms with Crippen LogP contribution in [0, 0.1) is 0 Å². The van der Waals surface area contributed by atoms with E-state index in [1.165, 1.54) is 27.7 Å². The third kappa shape index (κ3) is 363. The van der Waals surface area contributed by atoms with Crippen LogP contribution in [0.3, 0.4) is 0 Å². The smallest absolute Gasteiger partial charge is 0.344 e. The largest absolute Gasteiger partial charge is 0.479 e. The molecule has 0 aliphatic rings. The highest BCUT2D eigenvalue weighted by molar-refractivity contribution is 5.75. The first-order valence-electron chi connectivity index (χ1n) is 12.9. The van der Waals surface area contributed by atoms with E-state index in [2.05, 4.69) is 28.4 Å². The topological polar surface area (TPSA) is 265 Å². The number of esters is 6. The molecule has 0 fully saturated rings. The first kappa shape index (κ1) is 147. The molecule has 0 radical (unpaired) electrons. The highest BCUT2D eigenvalue weighted by atomic mass is 16.7. The second-order valence-corrected chi connectivity index (χ2v) is 6.33. The lowest BCUT2D eigenvalue weighted by molar-refractivity contribution is -0.157. The van der Waals surface area contributed by atoms with Gasteiger partial charge >= 0.3 is 41.8 Å². The van der Waals surface area contributed by atoms with Crippen LogP contribution < -0.4 is 0 Å². The van der Waals surface area contributed by atoms with Crippen LogP contribution in [0.5, 0.6) is 0 Å². The fourth-order valence-electron chi connectivity index (χ4n) is 1.03. The van der Waals surface area contributed by atoms with E-state index in [0.717, 1.165) is 6.92 Å². The van der Waals surface area contributed by atoms with Crippen LogP contribution in [-0.2, 0) is 66.7 Å². The molecule has 0 aromatic carbocycles. The van der Waals surface area contributed by atoms with Crippen LogP contribution in [0.15, 0.2) is 0 Å². The van der Waals surface area contributed by atoms with Gasteiger partial charge in [0.25, 0.3) is 0 Å². The number of carbonyl (C=O) groups excluding carboxylic acids is 6. The second kappa shape index (κ2) is 139. The van der Waals surface area contributed by atoms with Gasteiger partial charge in [-0.1, -0.05) is 111 Å². The maximum absolute atomic E-state index is 10.4. The average Bonchev–Trinajstić information content (AvgIpc) is 2.89. The summed E-state index contributed by atoms with van der Waals surface area (Å²) in [6.45, 7) is 15.6. The van der Waals surface area contributed by atoms with Crippen LogP contribution >= 0.6 is 0 Å². The van der Waals surface area contributed by atoms with Gasteiger partial charge in [-0.2, -0.15) is 0 Å². The maximum atomic E-state index is 10.4. The van der Waals surface area contributed by atoms with Crippen molar-refractivity contribution >= 4 is 41.8 Å².